The zero-order valence-corrected chi connectivity index (χ0v) is 11.0. The molecular weight excluding hydrogens is 206 g/mol. The Hall–Kier alpha value is -1.76. The highest BCUT2D eigenvalue weighted by molar-refractivity contribution is 5.66. The first kappa shape index (κ1) is 11.7. The summed E-state index contributed by atoms with van der Waals surface area (Å²) in [6, 6.07) is 12.8. The molecule has 0 saturated heterocycles. The third-order valence-electron chi connectivity index (χ3n) is 3.26. The Kier molecular flexibility index (Phi) is 3.19. The Labute approximate surface area is 103 Å². The molecule has 0 aliphatic rings. The second kappa shape index (κ2) is 4.62. The summed E-state index contributed by atoms with van der Waals surface area (Å²) in [6.45, 7) is 8.57. The van der Waals surface area contributed by atoms with E-state index in [0.29, 0.717) is 0 Å². The Bertz CT molecular complexity index is 541. The Morgan fingerprint density at radius 3 is 2.00 bits per heavy atom. The van der Waals surface area contributed by atoms with Gasteiger partial charge in [0.2, 0.25) is 0 Å². The molecule has 2 rings (SSSR count). The number of nitrogens with one attached hydrogen (secondary N) is 1. The number of anilines is 2. The topological polar surface area (TPSA) is 12.0 Å². The maximum absolute atomic E-state index is 3.51. The molecule has 0 bridgehead atoms. The number of para-hydroxylation sites is 1. The van der Waals surface area contributed by atoms with Crippen LogP contribution in [0.25, 0.3) is 0 Å². The minimum Gasteiger partial charge on any atom is -0.355 e. The van der Waals surface area contributed by atoms with Crippen LogP contribution in [-0.2, 0) is 0 Å². The highest BCUT2D eigenvalue weighted by atomic mass is 14.9. The van der Waals surface area contributed by atoms with Crippen molar-refractivity contribution in [2.45, 2.75) is 27.7 Å². The van der Waals surface area contributed by atoms with E-state index in [-0.39, 0.29) is 0 Å². The van der Waals surface area contributed by atoms with Gasteiger partial charge in [-0.2, -0.15) is 0 Å². The number of hydrogen-bond acceptors (Lipinski definition) is 1. The normalized spacial score (nSPS) is 10.4. The molecule has 0 fully saturated rings. The fraction of sp³-hybridized carbons (Fsp3) is 0.250. The Morgan fingerprint density at radius 1 is 0.647 bits per heavy atom. The second-order valence-electron chi connectivity index (χ2n) is 4.69. The number of benzene rings is 2. The lowest BCUT2D eigenvalue weighted by molar-refractivity contribution is 1.29. The summed E-state index contributed by atoms with van der Waals surface area (Å²) in [6.07, 6.45) is 0. The summed E-state index contributed by atoms with van der Waals surface area (Å²) >= 11 is 0. The average Bonchev–Trinajstić information content (AvgIpc) is 2.29. The molecule has 0 aliphatic heterocycles. The lowest BCUT2D eigenvalue weighted by Crippen LogP contribution is -1.97. The molecule has 2 aromatic rings. The van der Waals surface area contributed by atoms with E-state index in [4.69, 9.17) is 0 Å². The van der Waals surface area contributed by atoms with Crippen LogP contribution < -0.4 is 5.32 Å². The molecule has 88 valence electrons. The van der Waals surface area contributed by atoms with E-state index in [1.54, 1.807) is 0 Å². The van der Waals surface area contributed by atoms with Crippen LogP contribution in [0.1, 0.15) is 22.3 Å². The molecule has 0 spiro atoms. The third kappa shape index (κ3) is 2.50. The summed E-state index contributed by atoms with van der Waals surface area (Å²) in [7, 11) is 0. The third-order valence-corrected chi connectivity index (χ3v) is 3.26. The molecule has 0 saturated carbocycles. The lowest BCUT2D eigenvalue weighted by Gasteiger charge is -2.14. The first-order valence-electron chi connectivity index (χ1n) is 5.98. The molecule has 2 aromatic carbocycles. The molecule has 0 heterocycles. The van der Waals surface area contributed by atoms with Crippen LogP contribution in [0.2, 0.25) is 0 Å². The van der Waals surface area contributed by atoms with Crippen LogP contribution in [0.15, 0.2) is 36.4 Å². The van der Waals surface area contributed by atoms with Crippen molar-refractivity contribution < 1.29 is 0 Å². The molecule has 0 radical (unpaired) electrons. The van der Waals surface area contributed by atoms with Gasteiger partial charge in [0.1, 0.15) is 0 Å². The minimum absolute atomic E-state index is 1.18. The quantitative estimate of drug-likeness (QED) is 0.783. The molecular formula is C16H19N. The van der Waals surface area contributed by atoms with E-state index in [1.165, 1.54) is 33.6 Å². The molecule has 0 amide bonds. The Morgan fingerprint density at radius 2 is 1.29 bits per heavy atom. The molecule has 0 aromatic heterocycles. The van der Waals surface area contributed by atoms with Crippen LogP contribution >= 0.6 is 0 Å². The van der Waals surface area contributed by atoms with E-state index < -0.39 is 0 Å². The van der Waals surface area contributed by atoms with E-state index in [1.807, 2.05) is 0 Å². The maximum Gasteiger partial charge on any atom is 0.0416 e. The minimum atomic E-state index is 1.18. The van der Waals surface area contributed by atoms with Gasteiger partial charge in [0.15, 0.2) is 0 Å². The number of aryl methyl sites for hydroxylation is 4. The van der Waals surface area contributed by atoms with Gasteiger partial charge in [-0.3, -0.25) is 0 Å². The van der Waals surface area contributed by atoms with E-state index in [0.717, 1.165) is 0 Å². The Balaban J connectivity index is 2.37. The highest BCUT2D eigenvalue weighted by Gasteiger charge is 2.03. The van der Waals surface area contributed by atoms with Gasteiger partial charge in [-0.1, -0.05) is 24.3 Å². The molecule has 0 unspecified atom stereocenters. The summed E-state index contributed by atoms with van der Waals surface area (Å²) in [5.74, 6) is 0. The van der Waals surface area contributed by atoms with Gasteiger partial charge in [0, 0.05) is 11.4 Å². The van der Waals surface area contributed by atoms with Crippen molar-refractivity contribution in [2.24, 2.45) is 0 Å². The van der Waals surface area contributed by atoms with Crippen molar-refractivity contribution in [1.82, 2.24) is 0 Å². The van der Waals surface area contributed by atoms with Crippen molar-refractivity contribution >= 4 is 11.4 Å². The molecule has 17 heavy (non-hydrogen) atoms. The number of hydrogen-bond donors (Lipinski definition) is 1. The smallest absolute Gasteiger partial charge is 0.0416 e. The van der Waals surface area contributed by atoms with E-state index in [2.05, 4.69) is 69.4 Å². The summed E-state index contributed by atoms with van der Waals surface area (Å²) < 4.78 is 0. The van der Waals surface area contributed by atoms with Gasteiger partial charge >= 0.3 is 0 Å². The number of rotatable bonds is 2. The van der Waals surface area contributed by atoms with E-state index in [9.17, 15) is 0 Å². The SMILES string of the molecule is Cc1cc(C)c(Nc2ccccc2C)cc1C. The zero-order chi connectivity index (χ0) is 12.4. The van der Waals surface area contributed by atoms with Crippen LogP contribution in [0.5, 0.6) is 0 Å². The van der Waals surface area contributed by atoms with Crippen LogP contribution in [0, 0.1) is 27.7 Å². The van der Waals surface area contributed by atoms with Crippen LogP contribution in [0.4, 0.5) is 11.4 Å². The molecule has 1 heteroatoms. The fourth-order valence-corrected chi connectivity index (χ4v) is 1.95. The van der Waals surface area contributed by atoms with Gasteiger partial charge in [-0.15, -0.1) is 0 Å². The monoisotopic (exact) mass is 225 g/mol. The molecule has 0 atom stereocenters. The van der Waals surface area contributed by atoms with Gasteiger partial charge in [-0.25, -0.2) is 0 Å². The molecule has 1 N–H and O–H groups in total. The predicted octanol–water partition coefficient (Wildman–Crippen LogP) is 4.66. The van der Waals surface area contributed by atoms with Crippen molar-refractivity contribution in [3.63, 3.8) is 0 Å². The summed E-state index contributed by atoms with van der Waals surface area (Å²) in [5.41, 5.74) is 7.60. The largest absolute Gasteiger partial charge is 0.355 e. The first-order chi connectivity index (χ1) is 8.08. The van der Waals surface area contributed by atoms with Crippen molar-refractivity contribution in [3.05, 3.63) is 58.7 Å². The zero-order valence-electron chi connectivity index (χ0n) is 11.0. The standard InChI is InChI=1S/C16H19N/c1-11-7-5-6-8-15(11)17-16-10-13(3)12(2)9-14(16)4/h5-10,17H,1-4H3. The van der Waals surface area contributed by atoms with Crippen LogP contribution in [-0.4, -0.2) is 0 Å². The van der Waals surface area contributed by atoms with E-state index >= 15 is 0 Å². The van der Waals surface area contributed by atoms with Crippen LogP contribution in [0.3, 0.4) is 0 Å². The second-order valence-corrected chi connectivity index (χ2v) is 4.69. The van der Waals surface area contributed by atoms with Crippen molar-refractivity contribution in [3.8, 4) is 0 Å². The van der Waals surface area contributed by atoms with Gasteiger partial charge < -0.3 is 5.32 Å². The van der Waals surface area contributed by atoms with Gasteiger partial charge in [0.05, 0.1) is 0 Å². The van der Waals surface area contributed by atoms with Crippen molar-refractivity contribution in [2.75, 3.05) is 5.32 Å². The van der Waals surface area contributed by atoms with Gasteiger partial charge in [0.25, 0.3) is 0 Å². The first-order valence-corrected chi connectivity index (χ1v) is 5.98. The fourth-order valence-electron chi connectivity index (χ4n) is 1.95. The average molecular weight is 225 g/mol. The molecule has 1 nitrogen and oxygen atoms in total. The summed E-state index contributed by atoms with van der Waals surface area (Å²) in [5, 5.41) is 3.51. The highest BCUT2D eigenvalue weighted by Crippen LogP contribution is 2.25. The summed E-state index contributed by atoms with van der Waals surface area (Å²) in [4.78, 5) is 0. The maximum atomic E-state index is 3.51. The van der Waals surface area contributed by atoms with Gasteiger partial charge in [-0.05, 0) is 62.1 Å². The predicted molar refractivity (Wildman–Crippen MR) is 75.1 cm³/mol. The van der Waals surface area contributed by atoms with Crippen molar-refractivity contribution in [1.29, 1.82) is 0 Å². The molecule has 0 aliphatic carbocycles. The lowest BCUT2D eigenvalue weighted by atomic mass is 10.0.